The highest BCUT2D eigenvalue weighted by molar-refractivity contribution is 9.10. The molecule has 0 aliphatic heterocycles. The highest BCUT2D eigenvalue weighted by Gasteiger charge is 2.31. The third kappa shape index (κ3) is 3.77. The van der Waals surface area contributed by atoms with Crippen LogP contribution in [0.2, 0.25) is 0 Å². The summed E-state index contributed by atoms with van der Waals surface area (Å²) in [6.07, 6.45) is 0.534. The van der Waals surface area contributed by atoms with Crippen molar-refractivity contribution < 1.29 is 8.78 Å². The minimum absolute atomic E-state index is 0.284. The molecular formula is C16H13BrCl2F2. The monoisotopic (exact) mass is 392 g/mol. The van der Waals surface area contributed by atoms with Crippen molar-refractivity contribution in [2.45, 2.75) is 11.8 Å². The second kappa shape index (κ2) is 7.08. The van der Waals surface area contributed by atoms with Gasteiger partial charge in [-0.2, -0.15) is 0 Å². The normalized spacial score (nSPS) is 11.7. The summed E-state index contributed by atoms with van der Waals surface area (Å²) in [5.74, 6) is -0.0488. The Bertz CT molecular complexity index is 610. The van der Waals surface area contributed by atoms with E-state index in [2.05, 4.69) is 15.9 Å². The van der Waals surface area contributed by atoms with Gasteiger partial charge < -0.3 is 0 Å². The van der Waals surface area contributed by atoms with Crippen LogP contribution in [0.3, 0.4) is 0 Å². The molecule has 0 bridgehead atoms. The van der Waals surface area contributed by atoms with Crippen LogP contribution >= 0.6 is 39.1 Å². The minimum atomic E-state index is -0.531. The molecule has 0 aliphatic carbocycles. The average molecular weight is 394 g/mol. The first-order valence-corrected chi connectivity index (χ1v) is 8.19. The summed E-state index contributed by atoms with van der Waals surface area (Å²) in [5, 5.41) is 0. The van der Waals surface area contributed by atoms with E-state index in [-0.39, 0.29) is 23.4 Å². The van der Waals surface area contributed by atoms with Crippen molar-refractivity contribution in [2.75, 3.05) is 11.8 Å². The van der Waals surface area contributed by atoms with E-state index >= 15 is 0 Å². The quantitative estimate of drug-likeness (QED) is 0.572. The zero-order valence-electron chi connectivity index (χ0n) is 11.1. The van der Waals surface area contributed by atoms with Crippen LogP contribution in [-0.2, 0) is 11.8 Å². The molecule has 5 heteroatoms. The fourth-order valence-electron chi connectivity index (χ4n) is 2.22. The maximum absolute atomic E-state index is 13.2. The molecule has 112 valence electrons. The number of alkyl halides is 2. The van der Waals surface area contributed by atoms with E-state index < -0.39 is 5.41 Å². The summed E-state index contributed by atoms with van der Waals surface area (Å²) in [4.78, 5) is 0. The van der Waals surface area contributed by atoms with Gasteiger partial charge in [0.1, 0.15) is 11.6 Å². The molecule has 0 saturated carbocycles. The van der Waals surface area contributed by atoms with Gasteiger partial charge >= 0.3 is 0 Å². The van der Waals surface area contributed by atoms with E-state index in [1.807, 2.05) is 0 Å². The molecule has 0 aromatic heterocycles. The number of halogens is 5. The van der Waals surface area contributed by atoms with Crippen LogP contribution in [0.4, 0.5) is 8.78 Å². The van der Waals surface area contributed by atoms with Gasteiger partial charge in [-0.1, -0.05) is 34.1 Å². The van der Waals surface area contributed by atoms with E-state index in [0.717, 1.165) is 11.1 Å². The Hall–Kier alpha value is -0.640. The molecule has 0 unspecified atom stereocenters. The third-order valence-corrected chi connectivity index (χ3v) is 5.27. The molecule has 2 rings (SSSR count). The van der Waals surface area contributed by atoms with Gasteiger partial charge in [0.25, 0.3) is 0 Å². The van der Waals surface area contributed by atoms with Gasteiger partial charge in [-0.25, -0.2) is 8.78 Å². The van der Waals surface area contributed by atoms with E-state index in [9.17, 15) is 8.78 Å². The maximum Gasteiger partial charge on any atom is 0.124 e. The summed E-state index contributed by atoms with van der Waals surface area (Å²) in [7, 11) is 0. The minimum Gasteiger partial charge on any atom is -0.207 e. The van der Waals surface area contributed by atoms with Gasteiger partial charge in [0, 0.05) is 21.6 Å². The Morgan fingerprint density at radius 3 is 2.00 bits per heavy atom. The molecular weight excluding hydrogens is 381 g/mol. The molecule has 0 radical (unpaired) electrons. The average Bonchev–Trinajstić information content (AvgIpc) is 2.48. The lowest BCUT2D eigenvalue weighted by molar-refractivity contribution is 0.531. The van der Waals surface area contributed by atoms with E-state index in [1.165, 1.54) is 24.3 Å². The van der Waals surface area contributed by atoms with Crippen LogP contribution in [0.15, 0.2) is 46.9 Å². The fraction of sp³-hybridized carbons (Fsp3) is 0.250. The number of hydrogen-bond donors (Lipinski definition) is 0. The summed E-state index contributed by atoms with van der Waals surface area (Å²) >= 11 is 15.7. The van der Waals surface area contributed by atoms with Crippen molar-refractivity contribution in [3.05, 3.63) is 69.7 Å². The Labute approximate surface area is 141 Å². The first-order valence-electron chi connectivity index (χ1n) is 6.33. The maximum atomic E-state index is 13.2. The lowest BCUT2D eigenvalue weighted by Gasteiger charge is -2.31. The van der Waals surface area contributed by atoms with Gasteiger partial charge in [0.2, 0.25) is 0 Å². The molecule has 0 nitrogen and oxygen atoms in total. The predicted molar refractivity (Wildman–Crippen MR) is 87.3 cm³/mol. The Balaban J connectivity index is 2.40. The van der Waals surface area contributed by atoms with Crippen molar-refractivity contribution >= 4 is 39.1 Å². The van der Waals surface area contributed by atoms with Gasteiger partial charge in [-0.15, -0.1) is 23.2 Å². The van der Waals surface area contributed by atoms with Gasteiger partial charge in [0.05, 0.1) is 0 Å². The van der Waals surface area contributed by atoms with Gasteiger partial charge in [0.15, 0.2) is 0 Å². The summed E-state index contributed by atoms with van der Waals surface area (Å²) in [6, 6.07) is 10.7. The van der Waals surface area contributed by atoms with Crippen molar-refractivity contribution in [1.29, 1.82) is 0 Å². The molecule has 0 N–H and O–H groups in total. The molecule has 21 heavy (non-hydrogen) atoms. The third-order valence-electron chi connectivity index (χ3n) is 3.51. The Morgan fingerprint density at radius 1 is 0.905 bits per heavy atom. The molecule has 0 atom stereocenters. The van der Waals surface area contributed by atoms with Crippen LogP contribution in [0.1, 0.15) is 11.1 Å². The zero-order chi connectivity index (χ0) is 15.5. The molecule has 2 aromatic rings. The molecule has 2 aromatic carbocycles. The van der Waals surface area contributed by atoms with Crippen LogP contribution in [0.25, 0.3) is 0 Å². The fourth-order valence-corrected chi connectivity index (χ4v) is 3.49. The second-order valence-electron chi connectivity index (χ2n) is 4.97. The van der Waals surface area contributed by atoms with Crippen LogP contribution in [-0.4, -0.2) is 11.8 Å². The lowest BCUT2D eigenvalue weighted by Crippen LogP contribution is -2.33. The van der Waals surface area contributed by atoms with Crippen molar-refractivity contribution in [3.8, 4) is 0 Å². The summed E-state index contributed by atoms with van der Waals surface area (Å²) in [6.45, 7) is 0. The summed E-state index contributed by atoms with van der Waals surface area (Å²) < 4.78 is 27.0. The van der Waals surface area contributed by atoms with E-state index in [1.54, 1.807) is 18.2 Å². The first-order chi connectivity index (χ1) is 10.0. The van der Waals surface area contributed by atoms with E-state index in [0.29, 0.717) is 10.9 Å². The smallest absolute Gasteiger partial charge is 0.124 e. The molecule has 0 aliphatic rings. The highest BCUT2D eigenvalue weighted by atomic mass is 79.9. The number of rotatable bonds is 5. The van der Waals surface area contributed by atoms with Crippen molar-refractivity contribution in [2.24, 2.45) is 0 Å². The summed E-state index contributed by atoms with van der Waals surface area (Å²) in [5.41, 5.74) is 1.24. The zero-order valence-corrected chi connectivity index (χ0v) is 14.2. The first kappa shape index (κ1) is 16.7. The SMILES string of the molecule is Fc1ccc(C(CCl)(CCl)Cc2ccc(F)cc2Br)cc1. The lowest BCUT2D eigenvalue weighted by atomic mass is 9.78. The second-order valence-corrected chi connectivity index (χ2v) is 6.36. The topological polar surface area (TPSA) is 0 Å². The molecule has 0 spiro atoms. The molecule has 0 saturated heterocycles. The highest BCUT2D eigenvalue weighted by Crippen LogP contribution is 2.34. The Kier molecular flexibility index (Phi) is 5.64. The van der Waals surface area contributed by atoms with Crippen LogP contribution in [0.5, 0.6) is 0 Å². The molecule has 0 fully saturated rings. The standard InChI is InChI=1S/C16H13BrCl2F2/c17-15-7-14(21)4-1-11(15)8-16(9-18,10-19)12-2-5-13(20)6-3-12/h1-7H,8-10H2. The molecule has 0 heterocycles. The largest absolute Gasteiger partial charge is 0.207 e. The van der Waals surface area contributed by atoms with Crippen LogP contribution in [0, 0.1) is 11.6 Å². The van der Waals surface area contributed by atoms with Crippen molar-refractivity contribution in [1.82, 2.24) is 0 Å². The number of hydrogen-bond acceptors (Lipinski definition) is 0. The van der Waals surface area contributed by atoms with Gasteiger partial charge in [-0.05, 0) is 41.8 Å². The van der Waals surface area contributed by atoms with E-state index in [4.69, 9.17) is 23.2 Å². The Morgan fingerprint density at radius 2 is 1.48 bits per heavy atom. The van der Waals surface area contributed by atoms with Crippen LogP contribution < -0.4 is 0 Å². The molecule has 0 amide bonds. The van der Waals surface area contributed by atoms with Gasteiger partial charge in [-0.3, -0.25) is 0 Å². The number of benzene rings is 2. The van der Waals surface area contributed by atoms with Crippen molar-refractivity contribution in [3.63, 3.8) is 0 Å². The predicted octanol–water partition coefficient (Wildman–Crippen LogP) is 5.69.